The van der Waals surface area contributed by atoms with Gasteiger partial charge < -0.3 is 14.0 Å². The van der Waals surface area contributed by atoms with E-state index in [1.54, 1.807) is 6.20 Å². The molecule has 6 nitrogen and oxygen atoms in total. The van der Waals surface area contributed by atoms with Gasteiger partial charge in [-0.15, -0.1) is 0 Å². The summed E-state index contributed by atoms with van der Waals surface area (Å²) < 4.78 is 16.1. The molecule has 0 radical (unpaired) electrons. The van der Waals surface area contributed by atoms with E-state index in [4.69, 9.17) is 14.0 Å². The molecule has 0 aliphatic heterocycles. The fraction of sp³-hybridized carbons (Fsp3) is 0.250. The molecule has 0 saturated heterocycles. The molecule has 2 heterocycles. The van der Waals surface area contributed by atoms with Gasteiger partial charge in [0, 0.05) is 6.20 Å². The highest BCUT2D eigenvalue weighted by molar-refractivity contribution is 5.72. The smallest absolute Gasteiger partial charge is 0.310 e. The van der Waals surface area contributed by atoms with Gasteiger partial charge in [0.2, 0.25) is 0 Å². The maximum Gasteiger partial charge on any atom is 0.310 e. The highest BCUT2D eigenvalue weighted by atomic mass is 16.5. The summed E-state index contributed by atoms with van der Waals surface area (Å²) in [6.07, 6.45) is 1.88. The van der Waals surface area contributed by atoms with Crippen LogP contribution in [0.2, 0.25) is 0 Å². The van der Waals surface area contributed by atoms with Gasteiger partial charge in [-0.1, -0.05) is 23.4 Å². The Morgan fingerprint density at radius 2 is 1.88 bits per heavy atom. The van der Waals surface area contributed by atoms with Crippen molar-refractivity contribution >= 4 is 5.97 Å². The predicted octanol–water partition coefficient (Wildman–Crippen LogP) is 3.55. The van der Waals surface area contributed by atoms with Crippen molar-refractivity contribution < 1.29 is 18.8 Å². The lowest BCUT2D eigenvalue weighted by Gasteiger charge is -2.07. The largest absolute Gasteiger partial charge is 0.489 e. The summed E-state index contributed by atoms with van der Waals surface area (Å²) in [5.74, 6) is 1.19. The van der Waals surface area contributed by atoms with Gasteiger partial charge in [0.05, 0.1) is 23.4 Å². The fourth-order valence-electron chi connectivity index (χ4n) is 2.42. The van der Waals surface area contributed by atoms with Crippen molar-refractivity contribution in [2.45, 2.75) is 33.5 Å². The predicted molar refractivity (Wildman–Crippen MR) is 94.5 cm³/mol. The normalized spacial score (nSPS) is 10.5. The van der Waals surface area contributed by atoms with E-state index in [-0.39, 0.29) is 19.0 Å². The standard InChI is InChI=1S/C20H20N2O4/c1-14-19(15(2)26-22-14)13-24-18-8-6-16(7-9-18)11-20(23)25-12-17-5-3-4-10-21-17/h3-10H,11-13H2,1-2H3. The van der Waals surface area contributed by atoms with Crippen LogP contribution in [-0.2, 0) is 29.2 Å². The minimum atomic E-state index is -0.292. The number of benzene rings is 1. The number of pyridine rings is 1. The van der Waals surface area contributed by atoms with E-state index in [2.05, 4.69) is 10.1 Å². The molecule has 0 fully saturated rings. The van der Waals surface area contributed by atoms with Crippen molar-refractivity contribution in [3.05, 3.63) is 76.9 Å². The summed E-state index contributed by atoms with van der Waals surface area (Å²) >= 11 is 0. The van der Waals surface area contributed by atoms with Crippen LogP contribution in [0, 0.1) is 13.8 Å². The quantitative estimate of drug-likeness (QED) is 0.605. The molecule has 0 amide bonds. The number of nitrogens with zero attached hydrogens (tertiary/aromatic N) is 2. The summed E-state index contributed by atoms with van der Waals surface area (Å²) in [7, 11) is 0. The highest BCUT2D eigenvalue weighted by Crippen LogP contribution is 2.18. The molecule has 3 aromatic rings. The molecule has 1 aromatic carbocycles. The number of rotatable bonds is 7. The minimum Gasteiger partial charge on any atom is -0.489 e. The number of hydrogen-bond donors (Lipinski definition) is 0. The molecule has 6 heteroatoms. The molecular formula is C20H20N2O4. The van der Waals surface area contributed by atoms with Crippen molar-refractivity contribution in [3.8, 4) is 5.75 Å². The number of esters is 1. The van der Waals surface area contributed by atoms with E-state index in [0.29, 0.717) is 6.61 Å². The van der Waals surface area contributed by atoms with Crippen LogP contribution in [0.4, 0.5) is 0 Å². The van der Waals surface area contributed by atoms with Gasteiger partial charge in [-0.25, -0.2) is 0 Å². The second-order valence-corrected chi connectivity index (χ2v) is 5.89. The zero-order valence-electron chi connectivity index (χ0n) is 14.8. The summed E-state index contributed by atoms with van der Waals surface area (Å²) in [5, 5.41) is 3.90. The van der Waals surface area contributed by atoms with Crippen molar-refractivity contribution in [2.24, 2.45) is 0 Å². The summed E-state index contributed by atoms with van der Waals surface area (Å²) in [6, 6.07) is 12.9. The Bertz CT molecular complexity index is 838. The lowest BCUT2D eigenvalue weighted by molar-refractivity contribution is -0.144. The van der Waals surface area contributed by atoms with Gasteiger partial charge in [0.25, 0.3) is 0 Å². The van der Waals surface area contributed by atoms with E-state index >= 15 is 0 Å². The summed E-state index contributed by atoms with van der Waals surface area (Å²) in [6.45, 7) is 4.32. The molecular weight excluding hydrogens is 332 g/mol. The van der Waals surface area contributed by atoms with Crippen molar-refractivity contribution in [3.63, 3.8) is 0 Å². The molecule has 3 rings (SSSR count). The summed E-state index contributed by atoms with van der Waals surface area (Å²) in [4.78, 5) is 16.0. The molecule has 26 heavy (non-hydrogen) atoms. The van der Waals surface area contributed by atoms with Crippen molar-refractivity contribution in [1.82, 2.24) is 10.1 Å². The van der Waals surface area contributed by atoms with E-state index in [0.717, 1.165) is 34.0 Å². The Morgan fingerprint density at radius 3 is 2.54 bits per heavy atom. The molecule has 0 aliphatic carbocycles. The minimum absolute atomic E-state index is 0.179. The van der Waals surface area contributed by atoms with Crippen LogP contribution in [0.3, 0.4) is 0 Å². The number of aromatic nitrogens is 2. The van der Waals surface area contributed by atoms with Gasteiger partial charge in [-0.3, -0.25) is 9.78 Å². The summed E-state index contributed by atoms with van der Waals surface area (Å²) in [5.41, 5.74) is 3.37. The number of carbonyl (C=O) groups is 1. The molecule has 0 unspecified atom stereocenters. The first-order chi connectivity index (χ1) is 12.6. The first-order valence-electron chi connectivity index (χ1n) is 8.31. The number of aryl methyl sites for hydroxylation is 2. The Morgan fingerprint density at radius 1 is 1.08 bits per heavy atom. The maximum absolute atomic E-state index is 11.9. The molecule has 0 aliphatic rings. The molecule has 0 bridgehead atoms. The molecule has 0 spiro atoms. The van der Waals surface area contributed by atoms with Crippen LogP contribution < -0.4 is 4.74 Å². The zero-order valence-corrected chi connectivity index (χ0v) is 14.8. The van der Waals surface area contributed by atoms with E-state index in [9.17, 15) is 4.79 Å². The van der Waals surface area contributed by atoms with Crippen LogP contribution >= 0.6 is 0 Å². The zero-order chi connectivity index (χ0) is 18.4. The SMILES string of the molecule is Cc1noc(C)c1COc1ccc(CC(=O)OCc2ccccn2)cc1. The molecule has 0 N–H and O–H groups in total. The molecule has 2 aromatic heterocycles. The maximum atomic E-state index is 11.9. The van der Waals surface area contributed by atoms with E-state index in [1.165, 1.54) is 0 Å². The first-order valence-corrected chi connectivity index (χ1v) is 8.31. The topological polar surface area (TPSA) is 74.5 Å². The third-order valence-electron chi connectivity index (χ3n) is 3.94. The molecule has 134 valence electrons. The first kappa shape index (κ1) is 17.7. The average Bonchev–Trinajstić information content (AvgIpc) is 2.98. The Labute approximate surface area is 151 Å². The van der Waals surface area contributed by atoms with Crippen LogP contribution in [0.25, 0.3) is 0 Å². The van der Waals surface area contributed by atoms with E-state index < -0.39 is 0 Å². The van der Waals surface area contributed by atoms with Gasteiger partial charge in [0.1, 0.15) is 24.7 Å². The van der Waals surface area contributed by atoms with Crippen LogP contribution in [0.1, 0.15) is 28.3 Å². The lowest BCUT2D eigenvalue weighted by Crippen LogP contribution is -2.08. The Hall–Kier alpha value is -3.15. The van der Waals surface area contributed by atoms with Crippen LogP contribution in [0.5, 0.6) is 5.75 Å². The second kappa shape index (κ2) is 8.29. The second-order valence-electron chi connectivity index (χ2n) is 5.89. The van der Waals surface area contributed by atoms with Crippen LogP contribution in [0.15, 0.2) is 53.2 Å². The average molecular weight is 352 g/mol. The Kier molecular flexibility index (Phi) is 5.63. The molecule has 0 atom stereocenters. The number of hydrogen-bond acceptors (Lipinski definition) is 6. The lowest BCUT2D eigenvalue weighted by atomic mass is 10.1. The van der Waals surface area contributed by atoms with Gasteiger partial charge in [-0.05, 0) is 43.7 Å². The van der Waals surface area contributed by atoms with Gasteiger partial charge in [-0.2, -0.15) is 0 Å². The van der Waals surface area contributed by atoms with Gasteiger partial charge in [0.15, 0.2) is 0 Å². The Balaban J connectivity index is 1.48. The monoisotopic (exact) mass is 352 g/mol. The van der Waals surface area contributed by atoms with Crippen LogP contribution in [-0.4, -0.2) is 16.1 Å². The van der Waals surface area contributed by atoms with E-state index in [1.807, 2.05) is 56.3 Å². The number of ether oxygens (including phenoxy) is 2. The van der Waals surface area contributed by atoms with Crippen molar-refractivity contribution in [2.75, 3.05) is 0 Å². The fourth-order valence-corrected chi connectivity index (χ4v) is 2.42. The van der Waals surface area contributed by atoms with Gasteiger partial charge >= 0.3 is 5.97 Å². The number of carbonyl (C=O) groups excluding carboxylic acids is 1. The third kappa shape index (κ3) is 4.69. The highest BCUT2D eigenvalue weighted by Gasteiger charge is 2.10. The van der Waals surface area contributed by atoms with Crippen molar-refractivity contribution in [1.29, 1.82) is 0 Å². The molecule has 0 saturated carbocycles. The third-order valence-corrected chi connectivity index (χ3v) is 3.94.